The van der Waals surface area contributed by atoms with Gasteiger partial charge in [-0.15, -0.1) is 0 Å². The van der Waals surface area contributed by atoms with Crippen molar-refractivity contribution in [1.29, 1.82) is 0 Å². The van der Waals surface area contributed by atoms with Gasteiger partial charge in [-0.05, 0) is 48.7 Å². The fraction of sp³-hybridized carbons (Fsp3) is 0.143. The molecule has 1 atom stereocenters. The molecule has 8 heteroatoms. The first-order valence-corrected chi connectivity index (χ1v) is 12.0. The quantitative estimate of drug-likeness (QED) is 0.690. The van der Waals surface area contributed by atoms with Crippen LogP contribution in [0.4, 0.5) is 5.69 Å². The highest BCUT2D eigenvalue weighted by Gasteiger charge is 2.37. The van der Waals surface area contributed by atoms with Gasteiger partial charge < -0.3 is 0 Å². The Labute approximate surface area is 170 Å². The molecule has 1 aliphatic rings. The summed E-state index contributed by atoms with van der Waals surface area (Å²) < 4.78 is 52.0. The largest absolute Gasteiger partial charge is 0.265 e. The van der Waals surface area contributed by atoms with Crippen LogP contribution in [-0.2, 0) is 26.5 Å². The molecule has 6 nitrogen and oxygen atoms in total. The van der Waals surface area contributed by atoms with E-state index >= 15 is 0 Å². The van der Waals surface area contributed by atoms with Crippen molar-refractivity contribution in [2.45, 2.75) is 29.2 Å². The molecule has 1 heterocycles. The summed E-state index contributed by atoms with van der Waals surface area (Å²) in [6.07, 6.45) is 0.408. The van der Waals surface area contributed by atoms with Crippen LogP contribution in [0.15, 0.2) is 82.6 Å². The average molecular weight is 429 g/mol. The summed E-state index contributed by atoms with van der Waals surface area (Å²) >= 11 is 0. The topological polar surface area (TPSA) is 97.5 Å². The van der Waals surface area contributed by atoms with E-state index in [-0.39, 0.29) is 15.8 Å². The van der Waals surface area contributed by atoms with E-state index in [1.807, 2.05) is 30.3 Å². The van der Waals surface area contributed by atoms with Crippen molar-refractivity contribution in [1.82, 2.24) is 0 Å². The van der Waals surface area contributed by atoms with Gasteiger partial charge in [-0.25, -0.2) is 22.0 Å². The van der Waals surface area contributed by atoms with Crippen molar-refractivity contribution in [3.8, 4) is 11.1 Å². The molecule has 0 saturated carbocycles. The van der Waals surface area contributed by atoms with Gasteiger partial charge in [0.2, 0.25) is 10.0 Å². The van der Waals surface area contributed by atoms with Crippen molar-refractivity contribution in [3.05, 3.63) is 78.4 Å². The van der Waals surface area contributed by atoms with E-state index in [0.29, 0.717) is 23.2 Å². The molecule has 1 aliphatic heterocycles. The highest BCUT2D eigenvalue weighted by Crippen LogP contribution is 2.39. The van der Waals surface area contributed by atoms with Crippen LogP contribution in [0.1, 0.15) is 12.5 Å². The Hall–Kier alpha value is -2.68. The lowest BCUT2D eigenvalue weighted by Gasteiger charge is -2.26. The maximum atomic E-state index is 13.7. The SMILES string of the molecule is C[C@@H]1Cc2cc(S(N)(=O)=O)ccc2N1S(=O)(=O)c1ccccc1-c1ccccc1. The minimum Gasteiger partial charge on any atom is -0.263 e. The normalized spacial score (nSPS) is 16.6. The van der Waals surface area contributed by atoms with Gasteiger partial charge in [0.25, 0.3) is 10.0 Å². The zero-order chi connectivity index (χ0) is 20.8. The molecule has 0 aromatic heterocycles. The smallest absolute Gasteiger partial charge is 0.263 e. The Bertz CT molecular complexity index is 1290. The maximum Gasteiger partial charge on any atom is 0.265 e. The van der Waals surface area contributed by atoms with Gasteiger partial charge in [0.05, 0.1) is 15.5 Å². The van der Waals surface area contributed by atoms with Gasteiger partial charge >= 0.3 is 0 Å². The fourth-order valence-corrected chi connectivity index (χ4v) is 6.25. The average Bonchev–Trinajstić information content (AvgIpc) is 3.03. The predicted molar refractivity (Wildman–Crippen MR) is 113 cm³/mol. The molecular weight excluding hydrogens is 408 g/mol. The van der Waals surface area contributed by atoms with Crippen molar-refractivity contribution < 1.29 is 16.8 Å². The first-order chi connectivity index (χ1) is 13.7. The summed E-state index contributed by atoms with van der Waals surface area (Å²) in [5, 5.41) is 5.22. The van der Waals surface area contributed by atoms with E-state index in [0.717, 1.165) is 5.56 Å². The van der Waals surface area contributed by atoms with Gasteiger partial charge in [0.15, 0.2) is 0 Å². The number of nitrogens with zero attached hydrogens (tertiary/aromatic N) is 1. The number of hydrogen-bond donors (Lipinski definition) is 1. The number of rotatable bonds is 4. The summed E-state index contributed by atoms with van der Waals surface area (Å²) in [5.74, 6) is 0. The van der Waals surface area contributed by atoms with E-state index < -0.39 is 20.0 Å². The molecule has 0 aliphatic carbocycles. The third kappa shape index (κ3) is 3.43. The van der Waals surface area contributed by atoms with E-state index in [2.05, 4.69) is 0 Å². The minimum absolute atomic E-state index is 0.0209. The van der Waals surface area contributed by atoms with Crippen LogP contribution in [0.25, 0.3) is 11.1 Å². The Kier molecular flexibility index (Phi) is 4.72. The van der Waals surface area contributed by atoms with Crippen LogP contribution in [-0.4, -0.2) is 22.9 Å². The molecule has 4 rings (SSSR count). The Morgan fingerprint density at radius 1 is 0.897 bits per heavy atom. The van der Waals surface area contributed by atoms with E-state index in [1.54, 1.807) is 31.2 Å². The zero-order valence-corrected chi connectivity index (χ0v) is 17.3. The summed E-state index contributed by atoms with van der Waals surface area (Å²) in [7, 11) is -7.73. The standard InChI is InChI=1S/C21H20N2O4S2/c1-15-13-17-14-18(28(22,24)25)11-12-20(17)23(15)29(26,27)21-10-6-5-9-19(21)16-7-3-2-4-8-16/h2-12,14-15H,13H2,1H3,(H2,22,24,25)/t15-/m1/s1. The van der Waals surface area contributed by atoms with E-state index in [9.17, 15) is 16.8 Å². The van der Waals surface area contributed by atoms with Gasteiger partial charge in [0, 0.05) is 11.6 Å². The highest BCUT2D eigenvalue weighted by molar-refractivity contribution is 7.93. The second kappa shape index (κ2) is 6.98. The number of hydrogen-bond acceptors (Lipinski definition) is 4. The summed E-state index contributed by atoms with van der Waals surface area (Å²) in [4.78, 5) is 0.189. The second-order valence-corrected chi connectivity index (χ2v) is 10.4. The van der Waals surface area contributed by atoms with Gasteiger partial charge in [0.1, 0.15) is 0 Å². The molecule has 3 aromatic carbocycles. The maximum absolute atomic E-state index is 13.7. The van der Waals surface area contributed by atoms with Crippen molar-refractivity contribution >= 4 is 25.7 Å². The number of fused-ring (bicyclic) bond motifs is 1. The monoisotopic (exact) mass is 428 g/mol. The summed E-state index contributed by atoms with van der Waals surface area (Å²) in [6, 6.07) is 20.2. The van der Waals surface area contributed by atoms with Gasteiger partial charge in [-0.3, -0.25) is 4.31 Å². The van der Waals surface area contributed by atoms with E-state index in [4.69, 9.17) is 5.14 Å². The molecule has 0 radical (unpaired) electrons. The van der Waals surface area contributed by atoms with Crippen molar-refractivity contribution in [2.75, 3.05) is 4.31 Å². The lowest BCUT2D eigenvalue weighted by molar-refractivity contribution is 0.584. The molecule has 0 spiro atoms. The molecule has 29 heavy (non-hydrogen) atoms. The summed E-state index contributed by atoms with van der Waals surface area (Å²) in [5.41, 5.74) is 2.55. The Balaban J connectivity index is 1.85. The van der Waals surface area contributed by atoms with Crippen LogP contribution < -0.4 is 9.44 Å². The van der Waals surface area contributed by atoms with Crippen LogP contribution >= 0.6 is 0 Å². The molecular formula is C21H20N2O4S2. The highest BCUT2D eigenvalue weighted by atomic mass is 32.2. The third-order valence-corrected chi connectivity index (χ3v) is 7.94. The third-order valence-electron chi connectivity index (χ3n) is 5.04. The molecule has 0 fully saturated rings. The van der Waals surface area contributed by atoms with E-state index in [1.165, 1.54) is 22.5 Å². The number of nitrogens with two attached hydrogens (primary N) is 1. The van der Waals surface area contributed by atoms with Crippen molar-refractivity contribution in [2.24, 2.45) is 5.14 Å². The lowest BCUT2D eigenvalue weighted by atomic mass is 10.1. The van der Waals surface area contributed by atoms with Crippen LogP contribution in [0, 0.1) is 0 Å². The predicted octanol–water partition coefficient (Wildman–Crippen LogP) is 3.14. The van der Waals surface area contributed by atoms with Gasteiger partial charge in [-0.1, -0.05) is 48.5 Å². The molecule has 0 unspecified atom stereocenters. The minimum atomic E-state index is -3.88. The fourth-order valence-electron chi connectivity index (χ4n) is 3.78. The van der Waals surface area contributed by atoms with Crippen LogP contribution in [0.3, 0.4) is 0 Å². The number of primary sulfonamides is 1. The molecule has 0 bridgehead atoms. The number of benzene rings is 3. The zero-order valence-electron chi connectivity index (χ0n) is 15.7. The van der Waals surface area contributed by atoms with Crippen LogP contribution in [0.5, 0.6) is 0 Å². The number of anilines is 1. The Morgan fingerprint density at radius 3 is 2.24 bits per heavy atom. The first kappa shape index (κ1) is 19.6. The molecule has 0 saturated heterocycles. The lowest BCUT2D eigenvalue weighted by Crippen LogP contribution is -2.36. The number of sulfonamides is 2. The van der Waals surface area contributed by atoms with Crippen LogP contribution in [0.2, 0.25) is 0 Å². The second-order valence-electron chi connectivity index (χ2n) is 7.05. The Morgan fingerprint density at radius 2 is 1.55 bits per heavy atom. The summed E-state index contributed by atoms with van der Waals surface area (Å²) in [6.45, 7) is 1.80. The first-order valence-electron chi connectivity index (χ1n) is 9.04. The van der Waals surface area contributed by atoms with Gasteiger partial charge in [-0.2, -0.15) is 0 Å². The molecule has 0 amide bonds. The molecule has 150 valence electrons. The van der Waals surface area contributed by atoms with Crippen molar-refractivity contribution in [3.63, 3.8) is 0 Å². The molecule has 2 N–H and O–H groups in total. The molecule has 3 aromatic rings.